The number of pyridine rings is 1. The normalized spacial score (nSPS) is 10.7. The molecule has 1 aromatic carbocycles. The van der Waals surface area contributed by atoms with Gasteiger partial charge in [-0.1, -0.05) is 18.2 Å². The maximum absolute atomic E-state index is 5.55. The summed E-state index contributed by atoms with van der Waals surface area (Å²) in [6, 6.07) is 13.8. The number of aromatic nitrogens is 4. The molecule has 0 aliphatic rings. The number of ether oxygens (including phenoxy) is 3. The van der Waals surface area contributed by atoms with Crippen LogP contribution < -0.4 is 26.4 Å². The molecule has 11 nitrogen and oxygen atoms in total. The lowest BCUT2D eigenvalue weighted by Gasteiger charge is -2.12. The van der Waals surface area contributed by atoms with Gasteiger partial charge in [-0.25, -0.2) is 0 Å². The van der Waals surface area contributed by atoms with Crippen LogP contribution in [0.3, 0.4) is 0 Å². The monoisotopic (exact) mass is 482 g/mol. The van der Waals surface area contributed by atoms with Gasteiger partial charge in [-0.05, 0) is 36.2 Å². The Balaban J connectivity index is 1.53. The molecule has 0 fully saturated rings. The highest BCUT2D eigenvalue weighted by Crippen LogP contribution is 2.13. The number of nitrogens with zero attached hydrogens (tertiary/aromatic N) is 4. The van der Waals surface area contributed by atoms with Crippen molar-refractivity contribution >= 4 is 17.8 Å². The Morgan fingerprint density at radius 1 is 0.771 bits per heavy atom. The van der Waals surface area contributed by atoms with Gasteiger partial charge in [0, 0.05) is 25.8 Å². The number of hydrogen-bond acceptors (Lipinski definition) is 11. The zero-order valence-corrected chi connectivity index (χ0v) is 20.1. The molecule has 5 N–H and O–H groups in total. The molecule has 188 valence electrons. The number of methoxy groups -OCH3 is 1. The molecular weight excluding hydrogens is 448 g/mol. The van der Waals surface area contributed by atoms with Gasteiger partial charge in [-0.15, -0.1) is 0 Å². The molecule has 0 saturated heterocycles. The summed E-state index contributed by atoms with van der Waals surface area (Å²) < 4.78 is 16.1. The smallest absolute Gasteiger partial charge is 0.229 e. The Labute approximate surface area is 205 Å². The molecule has 0 aliphatic carbocycles. The second kappa shape index (κ2) is 15.4. The molecule has 0 unspecified atom stereocenters. The number of benzene rings is 1. The third-order valence-electron chi connectivity index (χ3n) is 4.81. The fourth-order valence-electron chi connectivity index (χ4n) is 3.04. The molecule has 2 heterocycles. The van der Waals surface area contributed by atoms with Crippen molar-refractivity contribution in [3.63, 3.8) is 0 Å². The van der Waals surface area contributed by atoms with E-state index in [0.717, 1.165) is 17.9 Å². The molecule has 35 heavy (non-hydrogen) atoms. The van der Waals surface area contributed by atoms with Gasteiger partial charge in [0.25, 0.3) is 0 Å². The third kappa shape index (κ3) is 10.1. The van der Waals surface area contributed by atoms with E-state index in [9.17, 15) is 0 Å². The van der Waals surface area contributed by atoms with Gasteiger partial charge >= 0.3 is 0 Å². The number of nitrogens with one attached hydrogen (secondary N) is 3. The van der Waals surface area contributed by atoms with Crippen molar-refractivity contribution in [1.29, 1.82) is 0 Å². The van der Waals surface area contributed by atoms with Crippen molar-refractivity contribution in [3.8, 4) is 5.75 Å². The third-order valence-corrected chi connectivity index (χ3v) is 4.81. The lowest BCUT2D eigenvalue weighted by molar-refractivity contribution is 0.0547. The number of rotatable bonds is 17. The van der Waals surface area contributed by atoms with Crippen molar-refractivity contribution in [2.45, 2.75) is 13.0 Å². The highest BCUT2D eigenvalue weighted by molar-refractivity contribution is 5.42. The average molecular weight is 483 g/mol. The predicted octanol–water partition coefficient (Wildman–Crippen LogP) is 1.95. The molecule has 0 atom stereocenters. The van der Waals surface area contributed by atoms with Gasteiger partial charge in [0.05, 0.1) is 45.8 Å². The topological polar surface area (TPSA) is 141 Å². The first kappa shape index (κ1) is 26.1. The minimum absolute atomic E-state index is 0.455. The summed E-state index contributed by atoms with van der Waals surface area (Å²) >= 11 is 0. The molecule has 2 aromatic heterocycles. The van der Waals surface area contributed by atoms with Crippen molar-refractivity contribution in [1.82, 2.24) is 19.9 Å². The molecule has 0 radical (unpaired) electrons. The van der Waals surface area contributed by atoms with Crippen molar-refractivity contribution in [2.75, 3.05) is 69.1 Å². The zero-order chi connectivity index (χ0) is 24.6. The highest BCUT2D eigenvalue weighted by Gasteiger charge is 2.07. The maximum atomic E-state index is 5.55. The Hall–Kier alpha value is -3.54. The van der Waals surface area contributed by atoms with Gasteiger partial charge in [0.1, 0.15) is 5.75 Å². The molecule has 0 bridgehead atoms. The summed E-state index contributed by atoms with van der Waals surface area (Å²) in [7, 11) is 1.66. The quantitative estimate of drug-likeness (QED) is 0.210. The maximum Gasteiger partial charge on any atom is 0.229 e. The Kier molecular flexibility index (Phi) is 11.5. The largest absolute Gasteiger partial charge is 0.497 e. The minimum atomic E-state index is 0.455. The first-order chi connectivity index (χ1) is 17.3. The summed E-state index contributed by atoms with van der Waals surface area (Å²) in [5.74, 6) is 2.23. The number of nitrogens with two attached hydrogens (primary N) is 1. The van der Waals surface area contributed by atoms with E-state index in [1.807, 2.05) is 42.5 Å². The average Bonchev–Trinajstić information content (AvgIpc) is 2.90. The van der Waals surface area contributed by atoms with Gasteiger partial charge in [-0.3, -0.25) is 4.98 Å². The number of hydrogen-bond donors (Lipinski definition) is 4. The standard InChI is InChI=1S/C24H34N8O3/c1-33-21-7-5-19(6-8-21)9-12-27-22-30-23(28-13-15-35-17-16-34-14-10-25)32-24(31-22)29-18-20-4-2-3-11-26-20/h2-8,11H,9-10,12-18,25H2,1H3,(H3,27,28,29,30,31,32). The second-order valence-electron chi connectivity index (χ2n) is 7.45. The van der Waals surface area contributed by atoms with Crippen LogP contribution in [0.1, 0.15) is 11.3 Å². The lowest BCUT2D eigenvalue weighted by Crippen LogP contribution is -2.17. The lowest BCUT2D eigenvalue weighted by atomic mass is 10.1. The van der Waals surface area contributed by atoms with E-state index >= 15 is 0 Å². The van der Waals surface area contributed by atoms with Crippen molar-refractivity contribution in [2.24, 2.45) is 5.73 Å². The van der Waals surface area contributed by atoms with E-state index in [4.69, 9.17) is 19.9 Å². The fraction of sp³-hybridized carbons (Fsp3) is 0.417. The van der Waals surface area contributed by atoms with Crippen LogP contribution in [0.4, 0.5) is 17.8 Å². The highest BCUT2D eigenvalue weighted by atomic mass is 16.5. The summed E-state index contributed by atoms with van der Waals surface area (Å²) in [4.78, 5) is 17.8. The first-order valence-electron chi connectivity index (χ1n) is 11.6. The molecular formula is C24H34N8O3. The molecule has 0 spiro atoms. The Bertz CT molecular complexity index is 976. The fourth-order valence-corrected chi connectivity index (χ4v) is 3.04. The van der Waals surface area contributed by atoms with E-state index in [2.05, 4.69) is 35.9 Å². The molecule has 0 aliphatic heterocycles. The van der Waals surface area contributed by atoms with Crippen LogP contribution in [0, 0.1) is 0 Å². The van der Waals surface area contributed by atoms with E-state index in [1.54, 1.807) is 13.3 Å². The van der Waals surface area contributed by atoms with Crippen molar-refractivity contribution in [3.05, 3.63) is 59.9 Å². The van der Waals surface area contributed by atoms with Crippen LogP contribution in [0.25, 0.3) is 0 Å². The van der Waals surface area contributed by atoms with Crippen LogP contribution in [0.5, 0.6) is 5.75 Å². The second-order valence-corrected chi connectivity index (χ2v) is 7.45. The summed E-state index contributed by atoms with van der Waals surface area (Å²) in [6.07, 6.45) is 2.57. The van der Waals surface area contributed by atoms with Crippen LogP contribution >= 0.6 is 0 Å². The van der Waals surface area contributed by atoms with Gasteiger partial charge < -0.3 is 35.9 Å². The summed E-state index contributed by atoms with van der Waals surface area (Å²) in [5, 5.41) is 9.69. The Morgan fingerprint density at radius 2 is 1.46 bits per heavy atom. The minimum Gasteiger partial charge on any atom is -0.497 e. The molecule has 11 heteroatoms. The van der Waals surface area contributed by atoms with E-state index in [0.29, 0.717) is 70.5 Å². The molecule has 3 aromatic rings. The predicted molar refractivity (Wildman–Crippen MR) is 136 cm³/mol. The summed E-state index contributed by atoms with van der Waals surface area (Å²) in [5.41, 5.74) is 7.47. The van der Waals surface area contributed by atoms with Crippen LogP contribution in [0.15, 0.2) is 48.7 Å². The Morgan fingerprint density at radius 3 is 2.11 bits per heavy atom. The summed E-state index contributed by atoms with van der Waals surface area (Å²) in [6.45, 7) is 4.28. The molecule has 0 amide bonds. The zero-order valence-electron chi connectivity index (χ0n) is 20.1. The van der Waals surface area contributed by atoms with Gasteiger partial charge in [-0.2, -0.15) is 15.0 Å². The molecule has 3 rings (SSSR count). The molecule has 0 saturated carbocycles. The van der Waals surface area contributed by atoms with Crippen LogP contribution in [-0.4, -0.2) is 73.1 Å². The number of anilines is 3. The SMILES string of the molecule is COc1ccc(CCNc2nc(NCCOCCOCCN)nc(NCc3ccccn3)n2)cc1. The first-order valence-corrected chi connectivity index (χ1v) is 11.6. The van der Waals surface area contributed by atoms with E-state index in [1.165, 1.54) is 5.56 Å². The van der Waals surface area contributed by atoms with Crippen LogP contribution in [-0.2, 0) is 22.4 Å². The van der Waals surface area contributed by atoms with Gasteiger partial charge in [0.15, 0.2) is 0 Å². The van der Waals surface area contributed by atoms with Gasteiger partial charge in [0.2, 0.25) is 17.8 Å². The van der Waals surface area contributed by atoms with Crippen molar-refractivity contribution < 1.29 is 14.2 Å². The van der Waals surface area contributed by atoms with E-state index in [-0.39, 0.29) is 0 Å². The van der Waals surface area contributed by atoms with Crippen LogP contribution in [0.2, 0.25) is 0 Å². The van der Waals surface area contributed by atoms with E-state index < -0.39 is 0 Å².